The zero-order valence-corrected chi connectivity index (χ0v) is 12.5. The third-order valence-electron chi connectivity index (χ3n) is 3.61. The zero-order chi connectivity index (χ0) is 15.6. The first-order valence-electron chi connectivity index (χ1n) is 6.09. The van der Waals surface area contributed by atoms with Crippen LogP contribution in [0.5, 0.6) is 0 Å². The van der Waals surface area contributed by atoms with Crippen molar-refractivity contribution in [3.05, 3.63) is 28.1 Å². The summed E-state index contributed by atoms with van der Waals surface area (Å²) in [6.07, 6.45) is -4.54. The average Bonchev–Trinajstić information content (AvgIpc) is 2.58. The third kappa shape index (κ3) is 2.28. The fourth-order valence-electron chi connectivity index (χ4n) is 2.49. The van der Waals surface area contributed by atoms with Crippen molar-refractivity contribution in [1.82, 2.24) is 4.57 Å². The van der Waals surface area contributed by atoms with Crippen molar-refractivity contribution in [3.63, 3.8) is 0 Å². The van der Waals surface area contributed by atoms with Crippen LogP contribution in [-0.4, -0.2) is 18.2 Å². The van der Waals surface area contributed by atoms with Gasteiger partial charge in [-0.15, -0.1) is 0 Å². The molecule has 114 valence electrons. The van der Waals surface area contributed by atoms with E-state index in [1.165, 1.54) is 11.5 Å². The summed E-state index contributed by atoms with van der Waals surface area (Å²) >= 11 is 0.934. The molecule has 3 rings (SSSR count). The van der Waals surface area contributed by atoms with Crippen LogP contribution < -0.4 is 4.80 Å². The molecule has 9 heteroatoms. The number of aromatic nitrogens is 1. The van der Waals surface area contributed by atoms with E-state index in [9.17, 15) is 21.6 Å². The molecule has 0 radical (unpaired) electrons. The Hall–Kier alpha value is -1.35. The van der Waals surface area contributed by atoms with Gasteiger partial charge < -0.3 is 4.57 Å². The van der Waals surface area contributed by atoms with Crippen LogP contribution in [0.15, 0.2) is 12.1 Å². The number of hydrogen-bond acceptors (Lipinski definition) is 4. The molecule has 2 heterocycles. The second-order valence-corrected chi connectivity index (χ2v) is 8.57. The maximum absolute atomic E-state index is 12.9. The molecule has 0 saturated carbocycles. The van der Waals surface area contributed by atoms with Crippen molar-refractivity contribution >= 4 is 31.4 Å². The molecule has 0 bridgehead atoms. The van der Waals surface area contributed by atoms with E-state index in [0.717, 1.165) is 23.5 Å². The van der Waals surface area contributed by atoms with Gasteiger partial charge in [-0.1, -0.05) is 11.3 Å². The minimum atomic E-state index is -4.54. The standard InChI is InChI=1S/C12H11F3N2O2S2/c1-6-4-17-10-7(5-21(6,18)19)2-8(12(13,14)15)3-9(10)20-11(17)16/h2-3,6,16H,4-5H2,1H3/t6-/m0/s1. The Morgan fingerprint density at radius 1 is 1.38 bits per heavy atom. The third-order valence-corrected chi connectivity index (χ3v) is 6.65. The molecule has 4 nitrogen and oxygen atoms in total. The van der Waals surface area contributed by atoms with E-state index in [-0.39, 0.29) is 16.9 Å². The van der Waals surface area contributed by atoms with Crippen molar-refractivity contribution in [2.45, 2.75) is 30.6 Å². The van der Waals surface area contributed by atoms with Gasteiger partial charge in [0, 0.05) is 6.54 Å². The summed E-state index contributed by atoms with van der Waals surface area (Å²) in [7, 11) is -3.53. The van der Waals surface area contributed by atoms with Crippen LogP contribution in [-0.2, 0) is 28.3 Å². The molecule has 1 atom stereocenters. The molecule has 1 N–H and O–H groups in total. The van der Waals surface area contributed by atoms with E-state index in [0.29, 0.717) is 10.2 Å². The number of halogens is 3. The summed E-state index contributed by atoms with van der Waals surface area (Å²) in [4.78, 5) is 0.0644. The molecular weight excluding hydrogens is 325 g/mol. The van der Waals surface area contributed by atoms with Gasteiger partial charge in [-0.2, -0.15) is 13.2 Å². The van der Waals surface area contributed by atoms with Crippen molar-refractivity contribution in [3.8, 4) is 0 Å². The predicted octanol–water partition coefficient (Wildman–Crippen LogP) is 2.52. The van der Waals surface area contributed by atoms with Gasteiger partial charge >= 0.3 is 6.18 Å². The molecule has 2 aromatic rings. The Bertz CT molecular complexity index is 894. The largest absolute Gasteiger partial charge is 0.416 e. The van der Waals surface area contributed by atoms with E-state index in [1.54, 1.807) is 0 Å². The highest BCUT2D eigenvalue weighted by molar-refractivity contribution is 7.91. The van der Waals surface area contributed by atoms with E-state index >= 15 is 0 Å². The van der Waals surface area contributed by atoms with Crippen LogP contribution in [0.4, 0.5) is 13.2 Å². The van der Waals surface area contributed by atoms with Crippen molar-refractivity contribution in [1.29, 1.82) is 5.41 Å². The molecular formula is C12H11F3N2O2S2. The van der Waals surface area contributed by atoms with Crippen LogP contribution in [0.2, 0.25) is 0 Å². The van der Waals surface area contributed by atoms with Gasteiger partial charge in [-0.25, -0.2) is 8.42 Å². The number of sulfone groups is 1. The fraction of sp³-hybridized carbons (Fsp3) is 0.417. The molecule has 0 aliphatic carbocycles. The van der Waals surface area contributed by atoms with E-state index in [2.05, 4.69) is 0 Å². The highest BCUT2D eigenvalue weighted by Gasteiger charge is 2.35. The molecule has 0 saturated heterocycles. The van der Waals surface area contributed by atoms with Gasteiger partial charge in [-0.05, 0) is 24.6 Å². The number of nitrogens with zero attached hydrogens (tertiary/aromatic N) is 1. The Kier molecular flexibility index (Phi) is 3.00. The quantitative estimate of drug-likeness (QED) is 0.803. The molecule has 0 fully saturated rings. The van der Waals surface area contributed by atoms with Gasteiger partial charge in [-0.3, -0.25) is 5.41 Å². The van der Waals surface area contributed by atoms with Crippen LogP contribution >= 0.6 is 11.3 Å². The Morgan fingerprint density at radius 2 is 2.05 bits per heavy atom. The lowest BCUT2D eigenvalue weighted by molar-refractivity contribution is -0.137. The smallest absolute Gasteiger partial charge is 0.315 e. The van der Waals surface area contributed by atoms with Crippen molar-refractivity contribution < 1.29 is 21.6 Å². The summed E-state index contributed by atoms with van der Waals surface area (Å²) in [5.74, 6) is -0.426. The van der Waals surface area contributed by atoms with Crippen LogP contribution in [0.3, 0.4) is 0 Å². The summed E-state index contributed by atoms with van der Waals surface area (Å²) in [5.41, 5.74) is -0.312. The van der Waals surface area contributed by atoms with Crippen LogP contribution in [0, 0.1) is 5.41 Å². The molecule has 0 amide bonds. The highest BCUT2D eigenvalue weighted by Crippen LogP contribution is 2.36. The van der Waals surface area contributed by atoms with E-state index in [1.807, 2.05) is 0 Å². The first kappa shape index (κ1) is 14.6. The van der Waals surface area contributed by atoms with Gasteiger partial charge in [0.2, 0.25) is 0 Å². The van der Waals surface area contributed by atoms with Crippen molar-refractivity contribution in [2.75, 3.05) is 0 Å². The van der Waals surface area contributed by atoms with Gasteiger partial charge in [0.15, 0.2) is 14.6 Å². The first-order valence-corrected chi connectivity index (χ1v) is 8.62. The molecule has 21 heavy (non-hydrogen) atoms. The minimum Gasteiger partial charge on any atom is -0.315 e. The van der Waals surface area contributed by atoms with E-state index < -0.39 is 32.6 Å². The minimum absolute atomic E-state index is 0.0644. The number of rotatable bonds is 0. The number of nitrogens with one attached hydrogen (secondary N) is 1. The Labute approximate surface area is 122 Å². The maximum atomic E-state index is 12.9. The fourth-order valence-corrected chi connectivity index (χ4v) is 4.81. The Morgan fingerprint density at radius 3 is 2.67 bits per heavy atom. The lowest BCUT2D eigenvalue weighted by Gasteiger charge is -2.10. The average molecular weight is 336 g/mol. The normalized spacial score (nSPS) is 21.4. The maximum Gasteiger partial charge on any atom is 0.416 e. The van der Waals surface area contributed by atoms with Crippen LogP contribution in [0.25, 0.3) is 10.2 Å². The summed E-state index contributed by atoms with van der Waals surface area (Å²) in [5, 5.41) is 7.15. The zero-order valence-electron chi connectivity index (χ0n) is 10.9. The lowest BCUT2D eigenvalue weighted by atomic mass is 10.1. The predicted molar refractivity (Wildman–Crippen MR) is 72.8 cm³/mol. The molecule has 1 aromatic carbocycles. The van der Waals surface area contributed by atoms with Crippen molar-refractivity contribution in [2.24, 2.45) is 0 Å². The molecule has 0 unspecified atom stereocenters. The topological polar surface area (TPSA) is 62.9 Å². The first-order chi connectivity index (χ1) is 9.59. The molecule has 1 aliphatic rings. The number of alkyl halides is 3. The monoisotopic (exact) mass is 336 g/mol. The second-order valence-electron chi connectivity index (χ2n) is 5.12. The van der Waals surface area contributed by atoms with Gasteiger partial charge in [0.25, 0.3) is 0 Å². The number of thiazole rings is 1. The molecule has 1 aliphatic heterocycles. The number of benzene rings is 1. The lowest BCUT2D eigenvalue weighted by Crippen LogP contribution is -2.25. The summed E-state index contributed by atoms with van der Waals surface area (Å²) in [6, 6.07) is 1.88. The van der Waals surface area contributed by atoms with Gasteiger partial charge in [0.05, 0.1) is 26.8 Å². The van der Waals surface area contributed by atoms with Gasteiger partial charge in [0.1, 0.15) is 0 Å². The number of hydrogen-bond donors (Lipinski definition) is 1. The SMILES string of the molecule is C[C@H]1Cn2c(=N)sc3cc(C(F)(F)F)cc(c32)CS1(=O)=O. The summed E-state index contributed by atoms with van der Waals surface area (Å²) < 4.78 is 64.8. The highest BCUT2D eigenvalue weighted by atomic mass is 32.2. The molecule has 1 aromatic heterocycles. The summed E-state index contributed by atoms with van der Waals surface area (Å²) in [6.45, 7) is 1.61. The van der Waals surface area contributed by atoms with Crippen LogP contribution in [0.1, 0.15) is 18.1 Å². The van der Waals surface area contributed by atoms with E-state index in [4.69, 9.17) is 5.41 Å². The Balaban J connectivity index is 2.39. The second kappa shape index (κ2) is 4.33. The molecule has 0 spiro atoms.